The van der Waals surface area contributed by atoms with Gasteiger partial charge in [-0.2, -0.15) is 0 Å². The van der Waals surface area contributed by atoms with Crippen LogP contribution in [0.3, 0.4) is 0 Å². The molecule has 1 aromatic carbocycles. The van der Waals surface area contributed by atoms with Gasteiger partial charge in [0, 0.05) is 16.8 Å². The van der Waals surface area contributed by atoms with Crippen LogP contribution in [0.1, 0.15) is 31.1 Å². The first kappa shape index (κ1) is 12.2. The Bertz CT molecular complexity index is 377. The van der Waals surface area contributed by atoms with Gasteiger partial charge in [-0.25, -0.2) is 0 Å². The third kappa shape index (κ3) is 3.73. The summed E-state index contributed by atoms with van der Waals surface area (Å²) in [5, 5.41) is 5.37. The molecule has 0 radical (unpaired) electrons. The van der Waals surface area contributed by atoms with E-state index in [0.717, 1.165) is 0 Å². The Morgan fingerprint density at radius 3 is 2.19 bits per heavy atom. The Kier molecular flexibility index (Phi) is 3.66. The van der Waals surface area contributed by atoms with Crippen molar-refractivity contribution in [3.8, 4) is 0 Å². The van der Waals surface area contributed by atoms with Gasteiger partial charge in [0.1, 0.15) is 0 Å². The molecule has 0 aliphatic heterocycles. The second kappa shape index (κ2) is 4.79. The number of amides is 2. The van der Waals surface area contributed by atoms with E-state index in [1.807, 2.05) is 20.8 Å². The molecule has 1 aromatic rings. The molecule has 2 amide bonds. The van der Waals surface area contributed by atoms with Crippen molar-refractivity contribution in [2.75, 3.05) is 5.32 Å². The summed E-state index contributed by atoms with van der Waals surface area (Å²) < 4.78 is 0. The summed E-state index contributed by atoms with van der Waals surface area (Å²) in [6, 6.07) is 6.72. The van der Waals surface area contributed by atoms with Crippen molar-refractivity contribution in [1.29, 1.82) is 0 Å². The second-order valence-corrected chi connectivity index (χ2v) is 4.54. The van der Waals surface area contributed by atoms with Crippen molar-refractivity contribution in [2.24, 2.45) is 0 Å². The Hall–Kier alpha value is -1.84. The number of hydrogen-bond donors (Lipinski definition) is 2. The maximum atomic E-state index is 11.7. The van der Waals surface area contributed by atoms with Gasteiger partial charge in [0.25, 0.3) is 5.91 Å². The normalized spacial score (nSPS) is 10.7. The summed E-state index contributed by atoms with van der Waals surface area (Å²) in [7, 11) is 0. The van der Waals surface area contributed by atoms with E-state index in [1.165, 1.54) is 0 Å². The molecule has 0 aromatic heterocycles. The van der Waals surface area contributed by atoms with Crippen molar-refractivity contribution in [1.82, 2.24) is 5.32 Å². The van der Waals surface area contributed by atoms with E-state index in [4.69, 9.17) is 0 Å². The Morgan fingerprint density at radius 1 is 1.19 bits per heavy atom. The van der Waals surface area contributed by atoms with Gasteiger partial charge >= 0.3 is 0 Å². The fourth-order valence-corrected chi connectivity index (χ4v) is 1.20. The van der Waals surface area contributed by atoms with Crippen LogP contribution in [0, 0.1) is 0 Å². The molecular formula is C12H16N2O2. The molecule has 0 bridgehead atoms. The van der Waals surface area contributed by atoms with E-state index in [1.54, 1.807) is 24.3 Å². The molecule has 86 valence electrons. The fourth-order valence-electron chi connectivity index (χ4n) is 1.20. The Labute approximate surface area is 95.0 Å². The van der Waals surface area contributed by atoms with E-state index in [2.05, 4.69) is 10.6 Å². The standard InChI is InChI=1S/C12H16N2O2/c1-12(2,3)14-11(16)9-4-6-10(7-5-9)13-8-15/h4-8H,1-3H3,(H,13,15)(H,14,16). The van der Waals surface area contributed by atoms with E-state index in [9.17, 15) is 9.59 Å². The fraction of sp³-hybridized carbons (Fsp3) is 0.333. The van der Waals surface area contributed by atoms with Crippen LogP contribution in [-0.4, -0.2) is 17.9 Å². The first-order valence-electron chi connectivity index (χ1n) is 5.05. The topological polar surface area (TPSA) is 58.2 Å². The highest BCUT2D eigenvalue weighted by Gasteiger charge is 2.14. The average molecular weight is 220 g/mol. The summed E-state index contributed by atoms with van der Waals surface area (Å²) in [5.74, 6) is -0.120. The molecule has 16 heavy (non-hydrogen) atoms. The first-order chi connectivity index (χ1) is 7.42. The number of carbonyl (C=O) groups excluding carboxylic acids is 2. The highest BCUT2D eigenvalue weighted by molar-refractivity contribution is 5.95. The van der Waals surface area contributed by atoms with E-state index in [0.29, 0.717) is 17.7 Å². The van der Waals surface area contributed by atoms with Gasteiger partial charge in [-0.05, 0) is 45.0 Å². The summed E-state index contributed by atoms with van der Waals surface area (Å²) in [6.07, 6.45) is 0.601. The molecule has 0 atom stereocenters. The molecule has 2 N–H and O–H groups in total. The van der Waals surface area contributed by atoms with Crippen LogP contribution in [0.2, 0.25) is 0 Å². The maximum Gasteiger partial charge on any atom is 0.251 e. The van der Waals surface area contributed by atoms with Crippen LogP contribution in [-0.2, 0) is 4.79 Å². The second-order valence-electron chi connectivity index (χ2n) is 4.54. The van der Waals surface area contributed by atoms with Gasteiger partial charge in [-0.3, -0.25) is 9.59 Å². The molecule has 0 unspecified atom stereocenters. The number of nitrogens with one attached hydrogen (secondary N) is 2. The van der Waals surface area contributed by atoms with Crippen molar-refractivity contribution in [3.05, 3.63) is 29.8 Å². The summed E-state index contributed by atoms with van der Waals surface area (Å²) >= 11 is 0. The van der Waals surface area contributed by atoms with Crippen LogP contribution < -0.4 is 10.6 Å². The minimum atomic E-state index is -0.253. The lowest BCUT2D eigenvalue weighted by molar-refractivity contribution is -0.105. The SMILES string of the molecule is CC(C)(C)NC(=O)c1ccc(NC=O)cc1. The first-order valence-corrected chi connectivity index (χ1v) is 5.05. The highest BCUT2D eigenvalue weighted by atomic mass is 16.1. The van der Waals surface area contributed by atoms with Gasteiger partial charge in [-0.1, -0.05) is 0 Å². The maximum absolute atomic E-state index is 11.7. The van der Waals surface area contributed by atoms with Crippen molar-refractivity contribution < 1.29 is 9.59 Å². The molecule has 4 heteroatoms. The molecule has 4 nitrogen and oxygen atoms in total. The third-order valence-corrected chi connectivity index (χ3v) is 1.86. The van der Waals surface area contributed by atoms with Crippen molar-refractivity contribution in [2.45, 2.75) is 26.3 Å². The molecule has 0 saturated heterocycles. The van der Waals surface area contributed by atoms with Crippen LogP contribution in [0.25, 0.3) is 0 Å². The van der Waals surface area contributed by atoms with Gasteiger partial charge in [-0.15, -0.1) is 0 Å². The molecule has 1 rings (SSSR count). The van der Waals surface area contributed by atoms with Gasteiger partial charge in [0.15, 0.2) is 0 Å². The number of benzene rings is 1. The highest BCUT2D eigenvalue weighted by Crippen LogP contribution is 2.10. The quantitative estimate of drug-likeness (QED) is 0.763. The molecule has 0 spiro atoms. The summed E-state index contributed by atoms with van der Waals surface area (Å²) in [4.78, 5) is 21.9. The molecule has 0 fully saturated rings. The summed E-state index contributed by atoms with van der Waals surface area (Å²) in [6.45, 7) is 5.77. The smallest absolute Gasteiger partial charge is 0.251 e. The Morgan fingerprint density at radius 2 is 1.75 bits per heavy atom. The lowest BCUT2D eigenvalue weighted by Gasteiger charge is -2.20. The largest absolute Gasteiger partial charge is 0.347 e. The zero-order valence-corrected chi connectivity index (χ0v) is 9.70. The summed E-state index contributed by atoms with van der Waals surface area (Å²) in [5.41, 5.74) is 0.991. The number of carbonyl (C=O) groups is 2. The molecule has 0 aliphatic rings. The van der Waals surface area contributed by atoms with E-state index >= 15 is 0 Å². The van der Waals surface area contributed by atoms with Crippen LogP contribution in [0.5, 0.6) is 0 Å². The van der Waals surface area contributed by atoms with E-state index < -0.39 is 0 Å². The van der Waals surface area contributed by atoms with Crippen molar-refractivity contribution >= 4 is 18.0 Å². The predicted octanol–water partition coefficient (Wildman–Crippen LogP) is 1.78. The molecular weight excluding hydrogens is 204 g/mol. The molecule has 0 heterocycles. The molecule has 0 aliphatic carbocycles. The van der Waals surface area contributed by atoms with Gasteiger partial charge in [0.05, 0.1) is 0 Å². The monoisotopic (exact) mass is 220 g/mol. The number of anilines is 1. The lowest BCUT2D eigenvalue weighted by Crippen LogP contribution is -2.40. The number of rotatable bonds is 3. The lowest BCUT2D eigenvalue weighted by atomic mass is 10.1. The molecule has 0 saturated carbocycles. The minimum absolute atomic E-state index is 0.120. The Balaban J connectivity index is 2.74. The van der Waals surface area contributed by atoms with Gasteiger partial charge < -0.3 is 10.6 Å². The number of hydrogen-bond acceptors (Lipinski definition) is 2. The average Bonchev–Trinajstić information content (AvgIpc) is 2.16. The van der Waals surface area contributed by atoms with Crippen molar-refractivity contribution in [3.63, 3.8) is 0 Å². The van der Waals surface area contributed by atoms with Crippen LogP contribution >= 0.6 is 0 Å². The third-order valence-electron chi connectivity index (χ3n) is 1.86. The zero-order chi connectivity index (χ0) is 12.2. The predicted molar refractivity (Wildman–Crippen MR) is 63.3 cm³/mol. The van der Waals surface area contributed by atoms with Crippen LogP contribution in [0.4, 0.5) is 5.69 Å². The van der Waals surface area contributed by atoms with Crippen LogP contribution in [0.15, 0.2) is 24.3 Å². The minimum Gasteiger partial charge on any atom is -0.347 e. The van der Waals surface area contributed by atoms with Gasteiger partial charge in [0.2, 0.25) is 6.41 Å². The zero-order valence-electron chi connectivity index (χ0n) is 9.70. The van der Waals surface area contributed by atoms with E-state index in [-0.39, 0.29) is 11.4 Å².